The molecule has 1 fully saturated rings. The lowest BCUT2D eigenvalue weighted by molar-refractivity contribution is -0.137. The number of nitrogens with zero attached hydrogens (tertiary/aromatic N) is 3. The number of carboxylic acid groups (broad SMARTS) is 4. The van der Waals surface area contributed by atoms with Crippen LogP contribution >= 0.6 is 0 Å². The van der Waals surface area contributed by atoms with Crippen LogP contribution in [0.1, 0.15) is 12.5 Å². The first-order valence-electron chi connectivity index (χ1n) is 13.0. The number of rotatable bonds is 7. The maximum atomic E-state index is 12.9. The Morgan fingerprint density at radius 1 is 0.773 bits per heavy atom. The highest BCUT2D eigenvalue weighted by Crippen LogP contribution is 2.34. The number of anilines is 1. The smallest absolute Gasteiger partial charge is 0.416 e. The van der Waals surface area contributed by atoms with E-state index in [1.54, 1.807) is 12.1 Å². The van der Waals surface area contributed by atoms with Crippen LogP contribution in [-0.2, 0) is 25.4 Å². The number of carboxylic acids is 4. The zero-order valence-electron chi connectivity index (χ0n) is 23.4. The van der Waals surface area contributed by atoms with Crippen molar-refractivity contribution in [2.75, 3.05) is 37.6 Å². The summed E-state index contributed by atoms with van der Waals surface area (Å²) in [7, 11) is 0. The number of hydrogen-bond donors (Lipinski definition) is 4. The number of fused-ring (bicyclic) bond motifs is 1. The number of benzene rings is 2. The number of halogens is 3. The normalized spacial score (nSPS) is 13.6. The Bertz CT molecular complexity index is 1450. The van der Waals surface area contributed by atoms with E-state index >= 15 is 0 Å². The van der Waals surface area contributed by atoms with Crippen LogP contribution < -0.4 is 4.90 Å². The molecule has 4 N–H and O–H groups in total. The van der Waals surface area contributed by atoms with Gasteiger partial charge in [-0.2, -0.15) is 13.2 Å². The van der Waals surface area contributed by atoms with Crippen molar-refractivity contribution < 1.29 is 52.8 Å². The Kier molecular flexibility index (Phi) is 13.0. The molecule has 0 unspecified atom stereocenters. The number of para-hydroxylation sites is 1. The number of hydrogen-bond acceptors (Lipinski definition) is 7. The van der Waals surface area contributed by atoms with Crippen molar-refractivity contribution in [1.29, 1.82) is 0 Å². The molecule has 0 radical (unpaired) electrons. The van der Waals surface area contributed by atoms with Crippen LogP contribution in [0.2, 0.25) is 0 Å². The summed E-state index contributed by atoms with van der Waals surface area (Å²) >= 11 is 0. The van der Waals surface area contributed by atoms with Gasteiger partial charge in [0, 0.05) is 55.9 Å². The van der Waals surface area contributed by atoms with Gasteiger partial charge in [-0.1, -0.05) is 37.3 Å². The number of alkyl halides is 3. The minimum atomic E-state index is -4.33. The number of likely N-dealkylation sites (N-methyl/N-ethyl adjacent to an activating group) is 1. The average Bonchev–Trinajstić information content (AvgIpc) is 2.99. The van der Waals surface area contributed by atoms with Gasteiger partial charge in [0.05, 0.1) is 11.1 Å². The predicted molar refractivity (Wildman–Crippen MR) is 155 cm³/mol. The lowest BCUT2D eigenvalue weighted by atomic mass is 9.99. The van der Waals surface area contributed by atoms with E-state index in [-0.39, 0.29) is 0 Å². The van der Waals surface area contributed by atoms with Crippen LogP contribution in [0.4, 0.5) is 19.0 Å². The summed E-state index contributed by atoms with van der Waals surface area (Å²) < 4.78 is 38.8. The number of aromatic nitrogens is 1. The molecule has 44 heavy (non-hydrogen) atoms. The fraction of sp³-hybridized carbons (Fsp3) is 0.233. The van der Waals surface area contributed by atoms with Gasteiger partial charge in [0.1, 0.15) is 5.82 Å². The van der Waals surface area contributed by atoms with E-state index in [0.717, 1.165) is 72.7 Å². The molecule has 2 aromatic carbocycles. The summed E-state index contributed by atoms with van der Waals surface area (Å²) in [5.74, 6) is -4.15. The Hall–Kier alpha value is -5.24. The van der Waals surface area contributed by atoms with Gasteiger partial charge in [0.2, 0.25) is 0 Å². The molecule has 0 bridgehead atoms. The monoisotopic (exact) mass is 617 g/mol. The van der Waals surface area contributed by atoms with E-state index in [2.05, 4.69) is 16.7 Å². The highest BCUT2D eigenvalue weighted by Gasteiger charge is 2.30. The molecule has 0 spiro atoms. The van der Waals surface area contributed by atoms with E-state index < -0.39 is 35.6 Å². The van der Waals surface area contributed by atoms with Crippen molar-refractivity contribution in [3.63, 3.8) is 0 Å². The van der Waals surface area contributed by atoms with Crippen LogP contribution in [0.25, 0.3) is 22.0 Å². The molecule has 14 heteroatoms. The zero-order valence-corrected chi connectivity index (χ0v) is 23.4. The van der Waals surface area contributed by atoms with Crippen molar-refractivity contribution >= 4 is 40.6 Å². The first kappa shape index (κ1) is 35.0. The molecule has 0 atom stereocenters. The lowest BCUT2D eigenvalue weighted by Gasteiger charge is -2.35. The molecule has 1 aliphatic heterocycles. The number of carbonyl (C=O) groups is 4. The highest BCUT2D eigenvalue weighted by molar-refractivity contribution is 5.96. The summed E-state index contributed by atoms with van der Waals surface area (Å²) in [6, 6.07) is 15.2. The first-order chi connectivity index (χ1) is 20.7. The van der Waals surface area contributed by atoms with Gasteiger partial charge in [0.15, 0.2) is 0 Å². The van der Waals surface area contributed by atoms with Crippen molar-refractivity contribution in [3.8, 4) is 11.1 Å². The molecule has 1 aromatic heterocycles. The molecule has 0 saturated carbocycles. The van der Waals surface area contributed by atoms with Crippen LogP contribution in [0.3, 0.4) is 0 Å². The molecular formula is C30H30F3N3O8. The van der Waals surface area contributed by atoms with Gasteiger partial charge in [-0.3, -0.25) is 0 Å². The summed E-state index contributed by atoms with van der Waals surface area (Å²) in [5, 5.41) is 32.2. The number of piperazine rings is 1. The third kappa shape index (κ3) is 11.6. The molecule has 2 heterocycles. The van der Waals surface area contributed by atoms with Gasteiger partial charge in [0.25, 0.3) is 0 Å². The molecule has 1 saturated heterocycles. The SMILES string of the molecule is CCN1CCN(c2cc(-c3ccc(C(F)(F)F)cc3)c3ccccc3n2)CC1.O=C(O)/C=C\C(=O)O.O=C(O)/C=C\C(=O)O. The largest absolute Gasteiger partial charge is 0.478 e. The minimum Gasteiger partial charge on any atom is -0.478 e. The topological polar surface area (TPSA) is 169 Å². The van der Waals surface area contributed by atoms with E-state index in [0.29, 0.717) is 24.3 Å². The standard InChI is InChI=1S/C22H22F3N3.2C4H4O4/c1-2-27-11-13-28(14-12-27)21-15-19(18-5-3-4-6-20(18)26-21)16-7-9-17(10-8-16)22(23,24)25;2*5-3(6)1-2-4(7)8/h3-10,15H,2,11-14H2,1H3;2*1-2H,(H,5,6)(H,7,8)/b;2*2-1-. The fourth-order valence-corrected chi connectivity index (χ4v) is 3.98. The Morgan fingerprint density at radius 2 is 1.25 bits per heavy atom. The second-order valence-corrected chi connectivity index (χ2v) is 9.06. The highest BCUT2D eigenvalue weighted by atomic mass is 19.4. The summed E-state index contributed by atoms with van der Waals surface area (Å²) in [5.41, 5.74) is 1.89. The van der Waals surface area contributed by atoms with Crippen LogP contribution in [0.15, 0.2) is 78.9 Å². The molecule has 3 aromatic rings. The Morgan fingerprint density at radius 3 is 1.68 bits per heavy atom. The van der Waals surface area contributed by atoms with Gasteiger partial charge in [-0.25, -0.2) is 24.2 Å². The molecular weight excluding hydrogens is 587 g/mol. The van der Waals surface area contributed by atoms with Gasteiger partial charge in [-0.15, -0.1) is 0 Å². The summed E-state index contributed by atoms with van der Waals surface area (Å²) in [6.07, 6.45) is -2.10. The van der Waals surface area contributed by atoms with Crippen LogP contribution in [0, 0.1) is 0 Å². The van der Waals surface area contributed by atoms with E-state index in [1.165, 1.54) is 0 Å². The molecule has 1 aliphatic rings. The van der Waals surface area contributed by atoms with Crippen LogP contribution in [-0.4, -0.2) is 86.9 Å². The molecule has 234 valence electrons. The average molecular weight is 618 g/mol. The first-order valence-corrected chi connectivity index (χ1v) is 13.0. The third-order valence-corrected chi connectivity index (χ3v) is 6.11. The fourth-order valence-electron chi connectivity index (χ4n) is 3.98. The lowest BCUT2D eigenvalue weighted by Crippen LogP contribution is -2.46. The third-order valence-electron chi connectivity index (χ3n) is 6.11. The van der Waals surface area contributed by atoms with Crippen molar-refractivity contribution in [1.82, 2.24) is 9.88 Å². The van der Waals surface area contributed by atoms with Crippen molar-refractivity contribution in [2.45, 2.75) is 13.1 Å². The second-order valence-electron chi connectivity index (χ2n) is 9.06. The predicted octanol–water partition coefficient (Wildman–Crippen LogP) is 4.49. The molecule has 0 amide bonds. The van der Waals surface area contributed by atoms with Crippen molar-refractivity contribution in [2.24, 2.45) is 0 Å². The van der Waals surface area contributed by atoms with Crippen molar-refractivity contribution in [3.05, 3.63) is 84.5 Å². The van der Waals surface area contributed by atoms with Gasteiger partial charge < -0.3 is 30.2 Å². The Balaban J connectivity index is 0.000000349. The van der Waals surface area contributed by atoms with Crippen LogP contribution in [0.5, 0.6) is 0 Å². The Labute approximate surface area is 249 Å². The summed E-state index contributed by atoms with van der Waals surface area (Å²) in [6.45, 7) is 6.96. The van der Waals surface area contributed by atoms with E-state index in [4.69, 9.17) is 25.4 Å². The van der Waals surface area contributed by atoms with E-state index in [1.807, 2.05) is 30.3 Å². The maximum Gasteiger partial charge on any atom is 0.416 e. The van der Waals surface area contributed by atoms with Gasteiger partial charge in [-0.05, 0) is 41.9 Å². The van der Waals surface area contributed by atoms with E-state index in [9.17, 15) is 32.3 Å². The zero-order chi connectivity index (χ0) is 32.9. The summed E-state index contributed by atoms with van der Waals surface area (Å²) in [4.78, 5) is 47.7. The minimum absolute atomic E-state index is 0.558. The van der Waals surface area contributed by atoms with Gasteiger partial charge >= 0.3 is 30.1 Å². The number of pyridine rings is 1. The molecule has 0 aliphatic carbocycles. The number of aliphatic carboxylic acids is 4. The molecule has 4 rings (SSSR count). The maximum absolute atomic E-state index is 12.9. The quantitative estimate of drug-likeness (QED) is 0.276. The second kappa shape index (κ2) is 16.4. The molecule has 11 nitrogen and oxygen atoms in total.